The second kappa shape index (κ2) is 9.42. The maximum absolute atomic E-state index is 11.2. The van der Waals surface area contributed by atoms with E-state index in [-0.39, 0.29) is 0 Å². The van der Waals surface area contributed by atoms with Crippen LogP contribution in [-0.2, 0) is 19.0 Å². The lowest BCUT2D eigenvalue weighted by molar-refractivity contribution is -0.339. The van der Waals surface area contributed by atoms with Crippen LogP contribution in [-0.4, -0.2) is 137 Å². The highest BCUT2D eigenvalue weighted by Crippen LogP contribution is 2.31. The van der Waals surface area contributed by atoms with E-state index in [0.29, 0.717) is 0 Å². The van der Waals surface area contributed by atoms with Gasteiger partial charge in [-0.15, -0.1) is 0 Å². The first-order valence-corrected chi connectivity index (χ1v) is 8.71. The number of hydrogen-bond donors (Lipinski definition) is 10. The van der Waals surface area contributed by atoms with Crippen molar-refractivity contribution in [3.63, 3.8) is 0 Å². The Morgan fingerprint density at radius 3 is 2.21 bits per heavy atom. The molecular weight excluding hydrogens is 404 g/mol. The van der Waals surface area contributed by atoms with Crippen molar-refractivity contribution in [1.29, 1.82) is 0 Å². The molecule has 0 aromatic carbocycles. The highest BCUT2D eigenvalue weighted by Gasteiger charge is 2.54. The average Bonchev–Trinajstić information content (AvgIpc) is 2.68. The van der Waals surface area contributed by atoms with Gasteiger partial charge in [-0.25, -0.2) is 4.79 Å². The van der Waals surface area contributed by atoms with Crippen molar-refractivity contribution in [3.05, 3.63) is 0 Å². The zero-order valence-electron chi connectivity index (χ0n) is 15.0. The number of carboxylic acid groups (broad SMARTS) is 1. The third-order valence-electron chi connectivity index (χ3n) is 4.94. The number of carboxylic acids is 1. The Morgan fingerprint density at radius 2 is 1.69 bits per heavy atom. The van der Waals surface area contributed by atoms with E-state index in [1.807, 2.05) is 0 Å². The Hall–Kier alpha value is -1.01. The minimum Gasteiger partial charge on any atom is -0.477 e. The first-order chi connectivity index (χ1) is 13.5. The highest BCUT2D eigenvalue weighted by molar-refractivity contribution is 5.75. The Balaban J connectivity index is 2.16. The molecule has 0 aromatic heterocycles. The molecule has 14 nitrogen and oxygen atoms in total. The number of hydrogen-bond acceptors (Lipinski definition) is 13. The van der Waals surface area contributed by atoms with E-state index in [0.717, 1.165) is 0 Å². The van der Waals surface area contributed by atoms with E-state index in [4.69, 9.17) is 24.4 Å². The summed E-state index contributed by atoms with van der Waals surface area (Å²) in [5, 5.41) is 97.4. The number of aliphatic hydroxyl groups excluding tert-OH is 8. The summed E-state index contributed by atoms with van der Waals surface area (Å²) < 4.78 is 15.1. The van der Waals surface area contributed by atoms with Gasteiger partial charge in [0.1, 0.15) is 48.8 Å². The van der Waals surface area contributed by atoms with Crippen LogP contribution >= 0.6 is 0 Å². The Morgan fingerprint density at radius 1 is 1.07 bits per heavy atom. The predicted octanol–water partition coefficient (Wildman–Crippen LogP) is -6.19. The van der Waals surface area contributed by atoms with Crippen molar-refractivity contribution in [2.75, 3.05) is 13.2 Å². The molecule has 2 aliphatic heterocycles. The van der Waals surface area contributed by atoms with Crippen molar-refractivity contribution in [1.82, 2.24) is 0 Å². The van der Waals surface area contributed by atoms with Crippen LogP contribution in [0.2, 0.25) is 0 Å². The molecule has 0 bridgehead atoms. The fourth-order valence-electron chi connectivity index (χ4n) is 3.17. The lowest BCUT2D eigenvalue weighted by Crippen LogP contribution is -2.64. The van der Waals surface area contributed by atoms with E-state index in [9.17, 15) is 45.6 Å². The van der Waals surface area contributed by atoms with Gasteiger partial charge in [-0.3, -0.25) is 0 Å². The van der Waals surface area contributed by atoms with Gasteiger partial charge >= 0.3 is 5.97 Å². The van der Waals surface area contributed by atoms with Gasteiger partial charge in [-0.2, -0.15) is 0 Å². The molecule has 2 rings (SSSR count). The molecule has 2 fully saturated rings. The van der Waals surface area contributed by atoms with Crippen LogP contribution in [0.1, 0.15) is 6.42 Å². The molecule has 11 atom stereocenters. The normalized spacial score (nSPS) is 45.6. The fraction of sp³-hybridized carbons (Fsp3) is 0.933. The number of aliphatic carboxylic acids is 1. The Bertz CT molecular complexity index is 559. The largest absolute Gasteiger partial charge is 0.477 e. The molecule has 0 aliphatic carbocycles. The smallest absolute Gasteiger partial charge is 0.364 e. The lowest BCUT2D eigenvalue weighted by atomic mass is 9.91. The quantitative estimate of drug-likeness (QED) is 0.180. The summed E-state index contributed by atoms with van der Waals surface area (Å²) >= 11 is 0. The van der Waals surface area contributed by atoms with Crippen molar-refractivity contribution in [2.45, 2.75) is 73.4 Å². The van der Waals surface area contributed by atoms with Crippen LogP contribution in [0, 0.1) is 0 Å². The van der Waals surface area contributed by atoms with Crippen molar-refractivity contribution >= 4 is 5.97 Å². The van der Waals surface area contributed by atoms with Crippen LogP contribution < -0.4 is 0 Å². The van der Waals surface area contributed by atoms with E-state index < -0.39 is 92.6 Å². The summed E-state index contributed by atoms with van der Waals surface area (Å²) in [7, 11) is 0. The minimum absolute atomic E-state index is 0.764. The van der Waals surface area contributed by atoms with Crippen LogP contribution in [0.5, 0.6) is 0 Å². The van der Waals surface area contributed by atoms with Crippen LogP contribution in [0.4, 0.5) is 0 Å². The number of rotatable bonds is 7. The van der Waals surface area contributed by atoms with E-state index >= 15 is 0 Å². The standard InChI is InChI=1S/C15H26O14/c16-2-5-8(20)10(22)11(23)13(27-5)28-6(3-17)9(21)12-7(19)4(18)1-15(26,29-12)14(24)25/h4-13,16-23,26H,1-3H2,(H,24,25)/t4-,5+,6+,7+,8-,9+,10-,11+,12+,13-,15-/m0/s1. The average molecular weight is 430 g/mol. The van der Waals surface area contributed by atoms with Crippen molar-refractivity contribution in [3.8, 4) is 0 Å². The first kappa shape index (κ1) is 24.3. The highest BCUT2D eigenvalue weighted by atomic mass is 16.7. The SMILES string of the molecule is O=C(O)[C@]1(O)C[C@H](O)[C@@H](O)[C@H]([C@H](O)[C@@H](CO)O[C@@H]2O[C@H](CO)[C@H](O)[C@H](O)[C@H]2O)O1. The van der Waals surface area contributed by atoms with E-state index in [1.54, 1.807) is 0 Å². The molecule has 0 amide bonds. The third kappa shape index (κ3) is 4.84. The molecular formula is C15H26O14. The Kier molecular flexibility index (Phi) is 7.88. The molecule has 2 saturated heterocycles. The molecule has 14 heteroatoms. The molecule has 0 radical (unpaired) electrons. The summed E-state index contributed by atoms with van der Waals surface area (Å²) in [6.45, 7) is -1.76. The number of ether oxygens (including phenoxy) is 3. The van der Waals surface area contributed by atoms with Gasteiger partial charge < -0.3 is 65.3 Å². The van der Waals surface area contributed by atoms with Gasteiger partial charge in [0.2, 0.25) is 0 Å². The van der Waals surface area contributed by atoms with Gasteiger partial charge in [-0.1, -0.05) is 0 Å². The van der Waals surface area contributed by atoms with Gasteiger partial charge in [0, 0.05) is 6.42 Å². The predicted molar refractivity (Wildman–Crippen MR) is 85.8 cm³/mol. The summed E-state index contributed by atoms with van der Waals surface area (Å²) in [6.07, 6.45) is -18.8. The lowest BCUT2D eigenvalue weighted by Gasteiger charge is -2.44. The zero-order valence-corrected chi connectivity index (χ0v) is 15.0. The number of carbonyl (C=O) groups is 1. The molecule has 0 saturated carbocycles. The van der Waals surface area contributed by atoms with Crippen molar-refractivity contribution < 1.29 is 70.1 Å². The van der Waals surface area contributed by atoms with Crippen LogP contribution in [0.25, 0.3) is 0 Å². The van der Waals surface area contributed by atoms with Gasteiger partial charge in [0.05, 0.1) is 19.3 Å². The summed E-state index contributed by atoms with van der Waals surface area (Å²) in [4.78, 5) is 11.2. The van der Waals surface area contributed by atoms with Gasteiger partial charge in [0.15, 0.2) is 6.29 Å². The monoisotopic (exact) mass is 430 g/mol. The van der Waals surface area contributed by atoms with Crippen molar-refractivity contribution in [2.24, 2.45) is 0 Å². The second-order valence-electron chi connectivity index (χ2n) is 6.98. The number of aliphatic hydroxyl groups is 9. The summed E-state index contributed by atoms with van der Waals surface area (Å²) in [6, 6.07) is 0. The summed E-state index contributed by atoms with van der Waals surface area (Å²) in [5.41, 5.74) is 0. The molecule has 2 heterocycles. The minimum atomic E-state index is -2.94. The summed E-state index contributed by atoms with van der Waals surface area (Å²) in [5.74, 6) is -4.83. The molecule has 29 heavy (non-hydrogen) atoms. The maximum Gasteiger partial charge on any atom is 0.364 e. The zero-order chi connectivity index (χ0) is 22.1. The molecule has 0 spiro atoms. The van der Waals surface area contributed by atoms with Gasteiger partial charge in [-0.05, 0) is 0 Å². The van der Waals surface area contributed by atoms with E-state index in [2.05, 4.69) is 0 Å². The maximum atomic E-state index is 11.2. The Labute approximate surface area is 163 Å². The molecule has 0 unspecified atom stereocenters. The van der Waals surface area contributed by atoms with Crippen LogP contribution in [0.3, 0.4) is 0 Å². The molecule has 2 aliphatic rings. The fourth-order valence-corrected chi connectivity index (χ4v) is 3.17. The topological polar surface area (TPSA) is 247 Å². The molecule has 0 aromatic rings. The first-order valence-electron chi connectivity index (χ1n) is 8.71. The van der Waals surface area contributed by atoms with E-state index in [1.165, 1.54) is 0 Å². The molecule has 170 valence electrons. The van der Waals surface area contributed by atoms with Gasteiger partial charge in [0.25, 0.3) is 5.79 Å². The second-order valence-corrected chi connectivity index (χ2v) is 6.98. The molecule has 10 N–H and O–H groups in total. The third-order valence-corrected chi connectivity index (χ3v) is 4.94. The van der Waals surface area contributed by atoms with Crippen LogP contribution in [0.15, 0.2) is 0 Å².